The lowest BCUT2D eigenvalue weighted by Gasteiger charge is -2.09. The zero-order valence-electron chi connectivity index (χ0n) is 12.7. The molecule has 1 aromatic carbocycles. The third-order valence-corrected chi connectivity index (χ3v) is 4.40. The summed E-state index contributed by atoms with van der Waals surface area (Å²) in [7, 11) is 0. The molecule has 0 fully saturated rings. The van der Waals surface area contributed by atoms with Crippen LogP contribution in [0.15, 0.2) is 48.9 Å². The van der Waals surface area contributed by atoms with E-state index in [0.717, 1.165) is 5.56 Å². The van der Waals surface area contributed by atoms with Crippen LogP contribution in [0.3, 0.4) is 0 Å². The van der Waals surface area contributed by atoms with E-state index in [1.165, 1.54) is 22.4 Å². The predicted octanol–water partition coefficient (Wildman–Crippen LogP) is 4.01. The van der Waals surface area contributed by atoms with E-state index < -0.39 is 4.92 Å². The van der Waals surface area contributed by atoms with Gasteiger partial charge in [0.2, 0.25) is 0 Å². The molecule has 0 bridgehead atoms. The maximum atomic E-state index is 13.3. The van der Waals surface area contributed by atoms with E-state index in [2.05, 4.69) is 9.97 Å². The fourth-order valence-electron chi connectivity index (χ4n) is 2.90. The molecule has 3 heterocycles. The Morgan fingerprint density at radius 2 is 2.28 bits per heavy atom. The van der Waals surface area contributed by atoms with E-state index in [-0.39, 0.29) is 24.1 Å². The monoisotopic (exact) mass is 358 g/mol. The number of hydrogen-bond donors (Lipinski definition) is 0. The number of benzene rings is 1. The van der Waals surface area contributed by atoms with E-state index in [1.54, 1.807) is 18.3 Å². The van der Waals surface area contributed by atoms with Gasteiger partial charge in [0.15, 0.2) is 18.0 Å². The average molecular weight is 358 g/mol. The molecule has 0 saturated heterocycles. The number of nitro groups is 1. The molecule has 1 atom stereocenters. The highest BCUT2D eigenvalue weighted by atomic mass is 32.2. The maximum Gasteiger partial charge on any atom is 0.270 e. The van der Waals surface area contributed by atoms with Gasteiger partial charge in [0.25, 0.3) is 5.69 Å². The summed E-state index contributed by atoms with van der Waals surface area (Å²) in [5.41, 5.74) is 2.13. The van der Waals surface area contributed by atoms with E-state index in [1.807, 2.05) is 12.2 Å². The highest BCUT2D eigenvalue weighted by Crippen LogP contribution is 2.38. The van der Waals surface area contributed by atoms with Crippen molar-refractivity contribution in [2.24, 2.45) is 0 Å². The van der Waals surface area contributed by atoms with Crippen LogP contribution in [0.1, 0.15) is 11.7 Å². The molecule has 2 aromatic heterocycles. The Bertz CT molecular complexity index is 1000. The summed E-state index contributed by atoms with van der Waals surface area (Å²) < 4.78 is 20.3. The van der Waals surface area contributed by atoms with Crippen LogP contribution in [-0.4, -0.2) is 25.5 Å². The van der Waals surface area contributed by atoms with Gasteiger partial charge in [0, 0.05) is 29.5 Å². The van der Waals surface area contributed by atoms with Crippen molar-refractivity contribution in [1.82, 2.24) is 13.9 Å². The van der Waals surface area contributed by atoms with Crippen molar-refractivity contribution in [2.75, 3.05) is 6.61 Å². The fraction of sp³-hybridized carbons (Fsp3) is 0.125. The molecular weight excluding hydrogens is 347 g/mol. The van der Waals surface area contributed by atoms with Gasteiger partial charge in [-0.25, -0.2) is 13.9 Å². The van der Waals surface area contributed by atoms with Crippen LogP contribution in [0.2, 0.25) is 0 Å². The lowest BCUT2D eigenvalue weighted by molar-refractivity contribution is -0.384. The number of rotatable bonds is 4. The molecule has 7 nitrogen and oxygen atoms in total. The lowest BCUT2D eigenvalue weighted by atomic mass is 10.0. The van der Waals surface area contributed by atoms with Gasteiger partial charge < -0.3 is 4.74 Å². The molecule has 0 saturated carbocycles. The molecule has 126 valence electrons. The number of fused-ring (bicyclic) bond motifs is 1. The molecule has 0 spiro atoms. The van der Waals surface area contributed by atoms with E-state index in [9.17, 15) is 14.0 Å². The van der Waals surface area contributed by atoms with E-state index in [0.29, 0.717) is 28.9 Å². The summed E-state index contributed by atoms with van der Waals surface area (Å²) in [6, 6.07) is 6.17. The summed E-state index contributed by atoms with van der Waals surface area (Å²) in [5, 5.41) is 11.7. The SMILES string of the molecule is O=[N+]([O-])c1cccc(-c2ncnc3c2c(C2C=CCO2)cn3SF)c1. The van der Waals surface area contributed by atoms with Crippen LogP contribution in [0.25, 0.3) is 22.3 Å². The van der Waals surface area contributed by atoms with Gasteiger partial charge in [-0.15, -0.1) is 3.89 Å². The van der Waals surface area contributed by atoms with Gasteiger partial charge in [0.1, 0.15) is 12.4 Å². The second-order valence-electron chi connectivity index (χ2n) is 5.39. The second kappa shape index (κ2) is 6.26. The third kappa shape index (κ3) is 2.67. The zero-order valence-corrected chi connectivity index (χ0v) is 13.5. The largest absolute Gasteiger partial charge is 0.365 e. The van der Waals surface area contributed by atoms with Gasteiger partial charge in [-0.1, -0.05) is 24.3 Å². The number of halogens is 1. The Balaban J connectivity index is 1.98. The van der Waals surface area contributed by atoms with E-state index in [4.69, 9.17) is 4.74 Å². The van der Waals surface area contributed by atoms with Gasteiger partial charge in [-0.3, -0.25) is 10.1 Å². The first-order chi connectivity index (χ1) is 12.2. The standard InChI is InChI=1S/C16H11FN4O3S/c17-25-20-8-12(13-5-2-6-24-13)14-15(18-9-19-16(14)20)10-3-1-4-11(7-10)21(22)23/h1-5,7-9,13H,6H2. The topological polar surface area (TPSA) is 83.1 Å². The Morgan fingerprint density at radius 1 is 1.40 bits per heavy atom. The van der Waals surface area contributed by atoms with Gasteiger partial charge in [-0.05, 0) is 0 Å². The molecule has 3 aromatic rings. The van der Waals surface area contributed by atoms with Crippen LogP contribution in [0.4, 0.5) is 9.57 Å². The molecular formula is C16H11FN4O3S. The van der Waals surface area contributed by atoms with Crippen LogP contribution >= 0.6 is 12.3 Å². The van der Waals surface area contributed by atoms with Gasteiger partial charge in [0.05, 0.1) is 22.6 Å². The van der Waals surface area contributed by atoms with Crippen molar-refractivity contribution in [3.05, 3.63) is 64.6 Å². The molecule has 0 N–H and O–H groups in total. The average Bonchev–Trinajstić information content (AvgIpc) is 3.28. The number of ether oxygens (including phenoxy) is 1. The van der Waals surface area contributed by atoms with Crippen molar-refractivity contribution >= 4 is 29.1 Å². The molecule has 25 heavy (non-hydrogen) atoms. The molecule has 9 heteroatoms. The molecule has 1 aliphatic rings. The fourth-order valence-corrected chi connectivity index (χ4v) is 3.26. The minimum Gasteiger partial charge on any atom is -0.365 e. The van der Waals surface area contributed by atoms with Crippen molar-refractivity contribution in [2.45, 2.75) is 6.10 Å². The number of nitro benzene ring substituents is 1. The zero-order chi connectivity index (χ0) is 17.4. The molecule has 0 aliphatic carbocycles. The lowest BCUT2D eigenvalue weighted by Crippen LogP contribution is -1.97. The summed E-state index contributed by atoms with van der Waals surface area (Å²) >= 11 is 0.0284. The first-order valence-electron chi connectivity index (χ1n) is 7.37. The normalized spacial score (nSPS) is 16.6. The van der Waals surface area contributed by atoms with Crippen molar-refractivity contribution in [3.8, 4) is 11.3 Å². The van der Waals surface area contributed by atoms with Crippen LogP contribution in [0.5, 0.6) is 0 Å². The van der Waals surface area contributed by atoms with Gasteiger partial charge >= 0.3 is 0 Å². The van der Waals surface area contributed by atoms with Crippen molar-refractivity contribution in [3.63, 3.8) is 0 Å². The smallest absolute Gasteiger partial charge is 0.270 e. The number of aromatic nitrogens is 3. The predicted molar refractivity (Wildman–Crippen MR) is 91.5 cm³/mol. The first kappa shape index (κ1) is 15.7. The molecule has 1 unspecified atom stereocenters. The molecule has 0 radical (unpaired) electrons. The third-order valence-electron chi connectivity index (χ3n) is 3.98. The molecule has 4 rings (SSSR count). The van der Waals surface area contributed by atoms with Gasteiger partial charge in [-0.2, -0.15) is 0 Å². The molecule has 0 amide bonds. The summed E-state index contributed by atoms with van der Waals surface area (Å²) in [6.07, 6.45) is 6.36. The number of hydrogen-bond acceptors (Lipinski definition) is 6. The van der Waals surface area contributed by atoms with Crippen LogP contribution < -0.4 is 0 Å². The Morgan fingerprint density at radius 3 is 3.00 bits per heavy atom. The van der Waals surface area contributed by atoms with Crippen molar-refractivity contribution < 1.29 is 13.5 Å². The number of non-ortho nitro benzene ring substituents is 1. The Labute approximate surface area is 145 Å². The first-order valence-corrected chi connectivity index (χ1v) is 8.04. The maximum absolute atomic E-state index is 13.3. The highest BCUT2D eigenvalue weighted by molar-refractivity contribution is 7.92. The van der Waals surface area contributed by atoms with E-state index >= 15 is 0 Å². The Hall–Kier alpha value is -2.78. The molecule has 1 aliphatic heterocycles. The second-order valence-corrected chi connectivity index (χ2v) is 5.92. The summed E-state index contributed by atoms with van der Waals surface area (Å²) in [5.74, 6) is 0. The van der Waals surface area contributed by atoms with Crippen molar-refractivity contribution in [1.29, 1.82) is 0 Å². The summed E-state index contributed by atoms with van der Waals surface area (Å²) in [6.45, 7) is 0.472. The van der Waals surface area contributed by atoms with Crippen LogP contribution in [-0.2, 0) is 4.74 Å². The van der Waals surface area contributed by atoms with Crippen LogP contribution in [0, 0.1) is 10.1 Å². The Kier molecular flexibility index (Phi) is 3.94. The minimum atomic E-state index is -0.464. The minimum absolute atomic E-state index is 0.0284. The summed E-state index contributed by atoms with van der Waals surface area (Å²) in [4.78, 5) is 19.1. The number of nitrogens with zero attached hydrogens (tertiary/aromatic N) is 4. The highest BCUT2D eigenvalue weighted by Gasteiger charge is 2.24. The quantitative estimate of drug-likeness (QED) is 0.398.